The van der Waals surface area contributed by atoms with Crippen molar-refractivity contribution in [3.63, 3.8) is 0 Å². The number of hydrogen-bond donors (Lipinski definition) is 1. The Balaban J connectivity index is 2.23. The Labute approximate surface area is 128 Å². The summed E-state index contributed by atoms with van der Waals surface area (Å²) in [7, 11) is 0. The van der Waals surface area contributed by atoms with Crippen LogP contribution in [0.4, 0.5) is 13.2 Å². The predicted octanol–water partition coefficient (Wildman–Crippen LogP) is 4.88. The highest BCUT2D eigenvalue weighted by molar-refractivity contribution is 9.08. The van der Waals surface area contributed by atoms with E-state index in [1.807, 2.05) is 0 Å². The summed E-state index contributed by atoms with van der Waals surface area (Å²) >= 11 is 3.13. The van der Waals surface area contributed by atoms with Gasteiger partial charge in [0, 0.05) is 5.33 Å². The third-order valence-electron chi connectivity index (χ3n) is 2.81. The van der Waals surface area contributed by atoms with Crippen molar-refractivity contribution in [2.45, 2.75) is 18.1 Å². The molecule has 1 N–H and O–H groups in total. The molecule has 0 aliphatic heterocycles. The van der Waals surface area contributed by atoms with E-state index in [4.69, 9.17) is 4.74 Å². The monoisotopic (exact) mass is 360 g/mol. The Morgan fingerprint density at radius 2 is 1.81 bits per heavy atom. The summed E-state index contributed by atoms with van der Waals surface area (Å²) in [5, 5.41) is 9.66. The number of hydrogen-bond acceptors (Lipinski definition) is 2. The van der Waals surface area contributed by atoms with Crippen LogP contribution >= 0.6 is 15.9 Å². The van der Waals surface area contributed by atoms with Gasteiger partial charge in [-0.05, 0) is 35.4 Å². The number of benzene rings is 2. The number of phenols is 1. The first-order chi connectivity index (χ1) is 9.90. The molecule has 0 saturated carbocycles. The second-order valence-corrected chi connectivity index (χ2v) is 4.98. The van der Waals surface area contributed by atoms with E-state index in [2.05, 4.69) is 15.9 Å². The Kier molecular flexibility index (Phi) is 4.77. The Morgan fingerprint density at radius 3 is 2.43 bits per heavy atom. The lowest BCUT2D eigenvalue weighted by molar-refractivity contribution is -0.139. The van der Waals surface area contributed by atoms with Crippen molar-refractivity contribution in [2.75, 3.05) is 0 Å². The van der Waals surface area contributed by atoms with E-state index in [0.717, 1.165) is 6.07 Å². The summed E-state index contributed by atoms with van der Waals surface area (Å²) < 4.78 is 44.3. The van der Waals surface area contributed by atoms with Gasteiger partial charge in [0.05, 0.1) is 5.56 Å². The van der Waals surface area contributed by atoms with Gasteiger partial charge in [0.2, 0.25) is 0 Å². The van der Waals surface area contributed by atoms with Gasteiger partial charge >= 0.3 is 6.18 Å². The van der Waals surface area contributed by atoms with Crippen LogP contribution in [0, 0.1) is 0 Å². The molecule has 6 heteroatoms. The van der Waals surface area contributed by atoms with Crippen LogP contribution in [-0.2, 0) is 18.1 Å². The highest BCUT2D eigenvalue weighted by atomic mass is 79.9. The zero-order valence-corrected chi connectivity index (χ0v) is 12.4. The molecule has 2 aromatic rings. The molecule has 0 aliphatic rings. The molecule has 0 saturated heterocycles. The molecule has 112 valence electrons. The van der Waals surface area contributed by atoms with Gasteiger partial charge < -0.3 is 9.84 Å². The molecule has 0 radical (unpaired) electrons. The highest BCUT2D eigenvalue weighted by Crippen LogP contribution is 2.37. The summed E-state index contributed by atoms with van der Waals surface area (Å²) in [5.41, 5.74) is 0.305. The molecule has 0 unspecified atom stereocenters. The quantitative estimate of drug-likeness (QED) is 0.787. The maximum atomic E-state index is 13.0. The van der Waals surface area contributed by atoms with Crippen LogP contribution in [0.25, 0.3) is 0 Å². The van der Waals surface area contributed by atoms with Crippen LogP contribution in [0.3, 0.4) is 0 Å². The first-order valence-corrected chi connectivity index (χ1v) is 7.19. The molecular weight excluding hydrogens is 349 g/mol. The second kappa shape index (κ2) is 6.39. The van der Waals surface area contributed by atoms with E-state index in [-0.39, 0.29) is 18.1 Å². The molecular formula is C15H12BrF3O2. The Hall–Kier alpha value is -1.69. The van der Waals surface area contributed by atoms with Gasteiger partial charge in [0.25, 0.3) is 0 Å². The summed E-state index contributed by atoms with van der Waals surface area (Å²) in [6.45, 7) is -0.0505. The topological polar surface area (TPSA) is 29.5 Å². The van der Waals surface area contributed by atoms with E-state index in [0.29, 0.717) is 16.5 Å². The SMILES string of the molecule is Oc1cccc(COc2ccc(CBr)cc2C(F)(F)F)c1. The van der Waals surface area contributed by atoms with Crippen molar-refractivity contribution >= 4 is 15.9 Å². The predicted molar refractivity (Wildman–Crippen MR) is 76.5 cm³/mol. The lowest BCUT2D eigenvalue weighted by Crippen LogP contribution is -2.09. The first kappa shape index (κ1) is 15.7. The molecule has 0 aliphatic carbocycles. The average Bonchev–Trinajstić information content (AvgIpc) is 2.44. The van der Waals surface area contributed by atoms with E-state index in [1.54, 1.807) is 18.2 Å². The smallest absolute Gasteiger partial charge is 0.419 e. The molecule has 0 atom stereocenters. The number of rotatable bonds is 4. The minimum Gasteiger partial charge on any atom is -0.508 e. The number of halogens is 4. The number of phenolic OH excluding ortho intramolecular Hbond substituents is 1. The van der Waals surface area contributed by atoms with Crippen LogP contribution in [0.1, 0.15) is 16.7 Å². The zero-order chi connectivity index (χ0) is 15.5. The maximum Gasteiger partial charge on any atom is 0.419 e. The summed E-state index contributed by atoms with van der Waals surface area (Å²) in [6, 6.07) is 10.1. The number of aromatic hydroxyl groups is 1. The van der Waals surface area contributed by atoms with Crippen molar-refractivity contribution in [1.82, 2.24) is 0 Å². The summed E-state index contributed by atoms with van der Waals surface area (Å²) in [6.07, 6.45) is -4.48. The van der Waals surface area contributed by atoms with Crippen molar-refractivity contribution in [1.29, 1.82) is 0 Å². The van der Waals surface area contributed by atoms with Crippen LogP contribution in [0.2, 0.25) is 0 Å². The van der Waals surface area contributed by atoms with Gasteiger partial charge in [-0.2, -0.15) is 13.2 Å². The van der Waals surface area contributed by atoms with Gasteiger partial charge in [-0.3, -0.25) is 0 Å². The van der Waals surface area contributed by atoms with Gasteiger partial charge in [0.1, 0.15) is 18.1 Å². The van der Waals surface area contributed by atoms with Crippen LogP contribution in [0.15, 0.2) is 42.5 Å². The average molecular weight is 361 g/mol. The Morgan fingerprint density at radius 1 is 1.05 bits per heavy atom. The number of ether oxygens (including phenoxy) is 1. The van der Waals surface area contributed by atoms with Crippen LogP contribution < -0.4 is 4.74 Å². The minimum absolute atomic E-state index is 0.0433. The standard InChI is InChI=1S/C15H12BrF3O2/c16-8-10-4-5-14(13(7-10)15(17,18)19)21-9-11-2-1-3-12(20)6-11/h1-7,20H,8-9H2. The van der Waals surface area contributed by atoms with Gasteiger partial charge in [0.15, 0.2) is 0 Å². The Bertz CT molecular complexity index is 627. The molecule has 2 rings (SSSR count). The van der Waals surface area contributed by atoms with Gasteiger partial charge in [-0.1, -0.05) is 34.1 Å². The zero-order valence-electron chi connectivity index (χ0n) is 10.8. The van der Waals surface area contributed by atoms with Crippen molar-refractivity contribution in [3.8, 4) is 11.5 Å². The third-order valence-corrected chi connectivity index (χ3v) is 3.46. The summed E-state index contributed by atoms with van der Waals surface area (Å²) in [5.74, 6) is -0.183. The molecule has 0 aromatic heterocycles. The molecule has 0 amide bonds. The molecule has 0 fully saturated rings. The fourth-order valence-electron chi connectivity index (χ4n) is 1.81. The molecule has 2 nitrogen and oxygen atoms in total. The fourth-order valence-corrected chi connectivity index (χ4v) is 2.16. The van der Waals surface area contributed by atoms with E-state index >= 15 is 0 Å². The molecule has 0 spiro atoms. The molecule has 2 aromatic carbocycles. The van der Waals surface area contributed by atoms with Gasteiger partial charge in [-0.25, -0.2) is 0 Å². The minimum atomic E-state index is -4.48. The van der Waals surface area contributed by atoms with Gasteiger partial charge in [-0.15, -0.1) is 0 Å². The molecule has 21 heavy (non-hydrogen) atoms. The lowest BCUT2D eigenvalue weighted by Gasteiger charge is -2.15. The molecule has 0 heterocycles. The first-order valence-electron chi connectivity index (χ1n) is 6.07. The maximum absolute atomic E-state index is 13.0. The largest absolute Gasteiger partial charge is 0.508 e. The van der Waals surface area contributed by atoms with Crippen LogP contribution in [-0.4, -0.2) is 5.11 Å². The highest BCUT2D eigenvalue weighted by Gasteiger charge is 2.34. The van der Waals surface area contributed by atoms with Crippen molar-refractivity contribution < 1.29 is 23.0 Å². The number of alkyl halides is 4. The van der Waals surface area contributed by atoms with Crippen LogP contribution in [0.5, 0.6) is 11.5 Å². The normalized spacial score (nSPS) is 11.4. The second-order valence-electron chi connectivity index (χ2n) is 4.42. The van der Waals surface area contributed by atoms with E-state index in [9.17, 15) is 18.3 Å². The van der Waals surface area contributed by atoms with E-state index < -0.39 is 11.7 Å². The lowest BCUT2D eigenvalue weighted by atomic mass is 10.1. The van der Waals surface area contributed by atoms with Crippen molar-refractivity contribution in [3.05, 3.63) is 59.2 Å². The summed E-state index contributed by atoms with van der Waals surface area (Å²) in [4.78, 5) is 0. The van der Waals surface area contributed by atoms with Crippen molar-refractivity contribution in [2.24, 2.45) is 0 Å². The van der Waals surface area contributed by atoms with E-state index in [1.165, 1.54) is 18.2 Å². The fraction of sp³-hybridized carbons (Fsp3) is 0.200. The molecule has 0 bridgehead atoms. The third kappa shape index (κ3) is 4.14.